The van der Waals surface area contributed by atoms with Crippen LogP contribution in [0.2, 0.25) is 0 Å². The van der Waals surface area contributed by atoms with Gasteiger partial charge in [0.15, 0.2) is 5.75 Å². The molecule has 0 aliphatic heterocycles. The number of para-hydroxylation sites is 1. The summed E-state index contributed by atoms with van der Waals surface area (Å²) in [5, 5.41) is 55.7. The minimum absolute atomic E-state index is 0. The number of nitro benzene ring substituents is 1. The van der Waals surface area contributed by atoms with E-state index in [0.717, 1.165) is 24.3 Å². The van der Waals surface area contributed by atoms with Gasteiger partial charge in [-0.15, -0.1) is 15.3 Å². The molecule has 0 aliphatic rings. The van der Waals surface area contributed by atoms with E-state index in [1.807, 2.05) is 0 Å². The molecule has 0 amide bonds. The number of nitrogens with two attached hydrogens (primary N) is 1. The van der Waals surface area contributed by atoms with E-state index in [4.69, 9.17) is 10.3 Å². The van der Waals surface area contributed by atoms with Crippen molar-refractivity contribution in [1.82, 2.24) is 0 Å². The van der Waals surface area contributed by atoms with Gasteiger partial charge in [-0.1, -0.05) is 6.07 Å². The summed E-state index contributed by atoms with van der Waals surface area (Å²) >= 11 is 0. The smallest absolute Gasteiger partial charge is 0.505 e. The molecule has 0 spiro atoms. The summed E-state index contributed by atoms with van der Waals surface area (Å²) in [6, 6.07) is 8.93. The Bertz CT molecular complexity index is 1430. The number of nitro groups is 1. The number of benzene rings is 3. The SMILES string of the molecule is Nc1cc(N=Nc2cc(N=Nc3cccc(S(=O)(=O)O)c3O)c(O)cc2O)ccc1[N+](=O)[O-].[Cu].[Na+]. The molecule has 17 heteroatoms. The van der Waals surface area contributed by atoms with Crippen molar-refractivity contribution >= 4 is 44.2 Å². The Labute approximate surface area is 229 Å². The van der Waals surface area contributed by atoms with E-state index in [1.165, 1.54) is 24.3 Å². The number of anilines is 1. The van der Waals surface area contributed by atoms with Crippen molar-refractivity contribution in [3.05, 3.63) is 58.6 Å². The first kappa shape index (κ1) is 29.9. The summed E-state index contributed by atoms with van der Waals surface area (Å²) in [7, 11) is -4.71. The van der Waals surface area contributed by atoms with Crippen molar-refractivity contribution in [3.8, 4) is 17.2 Å². The largest absolute Gasteiger partial charge is 1.00 e. The fourth-order valence-electron chi connectivity index (χ4n) is 2.50. The molecular formula is C18H14CuN6NaO8S+. The summed E-state index contributed by atoms with van der Waals surface area (Å²) in [5.41, 5.74) is 4.52. The second-order valence-electron chi connectivity index (χ2n) is 6.33. The van der Waals surface area contributed by atoms with Crippen molar-refractivity contribution < 1.29 is 79.8 Å². The van der Waals surface area contributed by atoms with E-state index in [1.54, 1.807) is 0 Å². The standard InChI is InChI=1S/C18H14N6O8S.Cu.Na/c19-10-6-9(4-5-14(10)24(28)29)20-22-12-7-13(16(26)8-15(12)25)23-21-11-2-1-3-17(18(11)27)33(30,31)32;;/h1-8,25-27H,19H2,(H,30,31,32);;/q;;+1. The van der Waals surface area contributed by atoms with Crippen LogP contribution in [0.1, 0.15) is 0 Å². The number of hydrogen-bond acceptors (Lipinski definition) is 12. The Morgan fingerprint density at radius 1 is 0.857 bits per heavy atom. The van der Waals surface area contributed by atoms with Gasteiger partial charge in [0.1, 0.15) is 39.1 Å². The zero-order valence-corrected chi connectivity index (χ0v) is 21.3. The number of phenols is 3. The minimum atomic E-state index is -4.71. The molecule has 6 N–H and O–H groups in total. The van der Waals surface area contributed by atoms with Gasteiger partial charge in [-0.2, -0.15) is 13.5 Å². The van der Waals surface area contributed by atoms with Crippen LogP contribution in [0, 0.1) is 10.1 Å². The molecule has 3 aromatic rings. The molecule has 0 saturated carbocycles. The van der Waals surface area contributed by atoms with Gasteiger partial charge in [-0.3, -0.25) is 14.7 Å². The monoisotopic (exact) mass is 560 g/mol. The maximum absolute atomic E-state index is 11.3. The van der Waals surface area contributed by atoms with Crippen LogP contribution in [0.4, 0.5) is 34.1 Å². The third-order valence-electron chi connectivity index (χ3n) is 4.07. The van der Waals surface area contributed by atoms with E-state index in [2.05, 4.69) is 20.5 Å². The Morgan fingerprint density at radius 3 is 1.97 bits per heavy atom. The second-order valence-corrected chi connectivity index (χ2v) is 7.72. The van der Waals surface area contributed by atoms with E-state index >= 15 is 0 Å². The van der Waals surface area contributed by atoms with Crippen LogP contribution < -0.4 is 35.3 Å². The van der Waals surface area contributed by atoms with Crippen LogP contribution in [-0.4, -0.2) is 33.2 Å². The number of nitrogen functional groups attached to an aromatic ring is 1. The Morgan fingerprint density at radius 2 is 1.43 bits per heavy atom. The normalized spacial score (nSPS) is 11.2. The Balaban J connectivity index is 0.00000306. The third kappa shape index (κ3) is 7.19. The maximum atomic E-state index is 11.3. The summed E-state index contributed by atoms with van der Waals surface area (Å²) in [5.74, 6) is -1.88. The average Bonchev–Trinajstić information content (AvgIpc) is 2.72. The molecule has 1 radical (unpaired) electrons. The van der Waals surface area contributed by atoms with Crippen molar-refractivity contribution in [3.63, 3.8) is 0 Å². The van der Waals surface area contributed by atoms with E-state index < -0.39 is 37.2 Å². The third-order valence-corrected chi connectivity index (χ3v) is 4.96. The fraction of sp³-hybridized carbons (Fsp3) is 0. The summed E-state index contributed by atoms with van der Waals surface area (Å²) in [6.45, 7) is 0. The predicted molar refractivity (Wildman–Crippen MR) is 114 cm³/mol. The summed E-state index contributed by atoms with van der Waals surface area (Å²) in [6.07, 6.45) is 0. The van der Waals surface area contributed by atoms with Crippen LogP contribution in [0.25, 0.3) is 0 Å². The molecule has 181 valence electrons. The van der Waals surface area contributed by atoms with Crippen LogP contribution in [-0.2, 0) is 27.2 Å². The van der Waals surface area contributed by atoms with Crippen LogP contribution >= 0.6 is 0 Å². The molecule has 0 unspecified atom stereocenters. The van der Waals surface area contributed by atoms with Gasteiger partial charge in [0.2, 0.25) is 0 Å². The van der Waals surface area contributed by atoms with Crippen molar-refractivity contribution in [2.45, 2.75) is 4.90 Å². The quantitative estimate of drug-likeness (QED) is 0.0729. The van der Waals surface area contributed by atoms with E-state index in [9.17, 15) is 33.9 Å². The number of phenolic OH excluding ortho intramolecular Hbond substituents is 3. The first-order valence-electron chi connectivity index (χ1n) is 8.70. The molecule has 14 nitrogen and oxygen atoms in total. The molecule has 3 rings (SSSR count). The molecule has 3 aromatic carbocycles. The zero-order chi connectivity index (χ0) is 24.3. The molecule has 0 aliphatic carbocycles. The van der Waals surface area contributed by atoms with Gasteiger partial charge >= 0.3 is 29.6 Å². The summed E-state index contributed by atoms with van der Waals surface area (Å²) < 4.78 is 31.7. The molecule has 0 fully saturated rings. The van der Waals surface area contributed by atoms with Crippen molar-refractivity contribution in [1.29, 1.82) is 0 Å². The number of azo groups is 2. The molecule has 0 aromatic heterocycles. The predicted octanol–water partition coefficient (Wildman–Crippen LogP) is 1.37. The Hall–Kier alpha value is -3.11. The van der Waals surface area contributed by atoms with Crippen LogP contribution in [0.3, 0.4) is 0 Å². The van der Waals surface area contributed by atoms with Crippen molar-refractivity contribution in [2.24, 2.45) is 20.5 Å². The number of rotatable bonds is 6. The zero-order valence-electron chi connectivity index (χ0n) is 17.6. The van der Waals surface area contributed by atoms with Gasteiger partial charge in [-0.25, -0.2) is 0 Å². The maximum Gasteiger partial charge on any atom is 1.00 e. The fourth-order valence-corrected chi connectivity index (χ4v) is 3.10. The Kier molecular flexibility index (Phi) is 10.3. The van der Waals surface area contributed by atoms with Crippen molar-refractivity contribution in [2.75, 3.05) is 5.73 Å². The topological polar surface area (TPSA) is 234 Å². The van der Waals surface area contributed by atoms with Gasteiger partial charge < -0.3 is 21.1 Å². The molecule has 0 heterocycles. The molecule has 35 heavy (non-hydrogen) atoms. The first-order valence-corrected chi connectivity index (χ1v) is 10.1. The van der Waals surface area contributed by atoms with Gasteiger partial charge in [-0.05, 0) is 24.3 Å². The first-order chi connectivity index (χ1) is 15.5. The number of aromatic hydroxyl groups is 3. The summed E-state index contributed by atoms with van der Waals surface area (Å²) in [4.78, 5) is 9.37. The molecule has 0 saturated heterocycles. The molecule has 0 atom stereocenters. The van der Waals surface area contributed by atoms with Gasteiger partial charge in [0.05, 0.1) is 10.6 Å². The van der Waals surface area contributed by atoms with Crippen LogP contribution in [0.5, 0.6) is 17.2 Å². The van der Waals surface area contributed by atoms with E-state index in [-0.39, 0.29) is 80.8 Å². The molecule has 0 bridgehead atoms. The number of nitrogens with zero attached hydrogens (tertiary/aromatic N) is 5. The van der Waals surface area contributed by atoms with E-state index in [0.29, 0.717) is 0 Å². The number of hydrogen-bond donors (Lipinski definition) is 5. The minimum Gasteiger partial charge on any atom is -0.505 e. The van der Waals surface area contributed by atoms with Gasteiger partial charge in [0.25, 0.3) is 15.8 Å². The molecular weight excluding hydrogens is 547 g/mol. The average molecular weight is 561 g/mol. The second kappa shape index (κ2) is 12.0. The van der Waals surface area contributed by atoms with Gasteiger partial charge in [0, 0.05) is 35.3 Å². The van der Waals surface area contributed by atoms with Crippen LogP contribution in [0.15, 0.2) is 73.9 Å².